The summed E-state index contributed by atoms with van der Waals surface area (Å²) in [6.07, 6.45) is 1.65. The zero-order chi connectivity index (χ0) is 14.0. The van der Waals surface area contributed by atoms with E-state index in [4.69, 9.17) is 23.7 Å². The highest BCUT2D eigenvalue weighted by molar-refractivity contribution is 7.80. The zero-order valence-electron chi connectivity index (χ0n) is 10.4. The third kappa shape index (κ3) is 3.01. The molecule has 1 unspecified atom stereocenters. The molecule has 0 bridgehead atoms. The van der Waals surface area contributed by atoms with Crippen LogP contribution in [-0.2, 0) is 4.79 Å². The Morgan fingerprint density at radius 3 is 2.79 bits per heavy atom. The number of amides is 1. The van der Waals surface area contributed by atoms with Gasteiger partial charge in [0.15, 0.2) is 0 Å². The standard InChI is InChI=1S/C13H16FN3OS/c14-9-3-4-11(10(6-9)13(16)19)17-5-1-2-8(7-17)12(15)18/h3-4,6,8H,1-2,5,7H2,(H2,15,18)(H2,16,19). The van der Waals surface area contributed by atoms with E-state index in [1.165, 1.54) is 12.1 Å². The Morgan fingerprint density at radius 2 is 2.16 bits per heavy atom. The van der Waals surface area contributed by atoms with E-state index >= 15 is 0 Å². The lowest BCUT2D eigenvalue weighted by molar-refractivity contribution is -0.122. The van der Waals surface area contributed by atoms with Gasteiger partial charge in [0.2, 0.25) is 5.91 Å². The lowest BCUT2D eigenvalue weighted by atomic mass is 9.96. The van der Waals surface area contributed by atoms with E-state index in [2.05, 4.69) is 0 Å². The van der Waals surface area contributed by atoms with Crippen LogP contribution in [0.1, 0.15) is 18.4 Å². The van der Waals surface area contributed by atoms with Crippen molar-refractivity contribution in [1.82, 2.24) is 0 Å². The molecule has 1 amide bonds. The fourth-order valence-electron chi connectivity index (χ4n) is 2.41. The first-order valence-corrected chi connectivity index (χ1v) is 6.53. The zero-order valence-corrected chi connectivity index (χ0v) is 11.3. The number of primary amides is 1. The number of piperidine rings is 1. The molecular formula is C13H16FN3OS. The quantitative estimate of drug-likeness (QED) is 0.816. The summed E-state index contributed by atoms with van der Waals surface area (Å²) in [6.45, 7) is 1.31. The highest BCUT2D eigenvalue weighted by Crippen LogP contribution is 2.27. The Hall–Kier alpha value is -1.69. The number of hydrogen-bond donors (Lipinski definition) is 2. The Kier molecular flexibility index (Phi) is 3.99. The van der Waals surface area contributed by atoms with Gasteiger partial charge >= 0.3 is 0 Å². The molecule has 1 fully saturated rings. The normalized spacial score (nSPS) is 19.2. The molecule has 0 saturated carbocycles. The fourth-order valence-corrected chi connectivity index (χ4v) is 2.57. The average molecular weight is 281 g/mol. The Balaban J connectivity index is 2.30. The molecular weight excluding hydrogens is 265 g/mol. The van der Waals surface area contributed by atoms with Gasteiger partial charge in [0.05, 0.1) is 5.92 Å². The molecule has 4 nitrogen and oxygen atoms in total. The predicted octanol–water partition coefficient (Wildman–Crippen LogP) is 1.16. The topological polar surface area (TPSA) is 72.4 Å². The minimum Gasteiger partial charge on any atom is -0.389 e. The van der Waals surface area contributed by atoms with Crippen molar-refractivity contribution in [2.75, 3.05) is 18.0 Å². The summed E-state index contributed by atoms with van der Waals surface area (Å²) >= 11 is 4.95. The highest BCUT2D eigenvalue weighted by atomic mass is 32.1. The Labute approximate surface area is 116 Å². The molecule has 102 valence electrons. The summed E-state index contributed by atoms with van der Waals surface area (Å²) in [4.78, 5) is 13.4. The summed E-state index contributed by atoms with van der Waals surface area (Å²) in [5.74, 6) is -0.864. The van der Waals surface area contributed by atoms with Gasteiger partial charge in [0.1, 0.15) is 10.8 Å². The van der Waals surface area contributed by atoms with Crippen molar-refractivity contribution in [3.63, 3.8) is 0 Å². The van der Waals surface area contributed by atoms with E-state index < -0.39 is 0 Å². The summed E-state index contributed by atoms with van der Waals surface area (Å²) < 4.78 is 13.3. The SMILES string of the molecule is NC(=O)C1CCCN(c2ccc(F)cc2C(N)=S)C1. The van der Waals surface area contributed by atoms with Gasteiger partial charge in [0.25, 0.3) is 0 Å². The first-order valence-electron chi connectivity index (χ1n) is 6.12. The first kappa shape index (κ1) is 13.7. The van der Waals surface area contributed by atoms with Gasteiger partial charge < -0.3 is 16.4 Å². The van der Waals surface area contributed by atoms with E-state index in [-0.39, 0.29) is 22.6 Å². The van der Waals surface area contributed by atoms with Gasteiger partial charge in [-0.2, -0.15) is 0 Å². The number of benzene rings is 1. The maximum Gasteiger partial charge on any atom is 0.222 e. The Morgan fingerprint density at radius 1 is 1.42 bits per heavy atom. The second-order valence-corrected chi connectivity index (χ2v) is 5.15. The average Bonchev–Trinajstić information content (AvgIpc) is 2.38. The van der Waals surface area contributed by atoms with Crippen molar-refractivity contribution in [3.05, 3.63) is 29.6 Å². The molecule has 0 aromatic heterocycles. The van der Waals surface area contributed by atoms with Gasteiger partial charge in [-0.3, -0.25) is 4.79 Å². The molecule has 0 spiro atoms. The van der Waals surface area contributed by atoms with Crippen LogP contribution in [0.4, 0.5) is 10.1 Å². The fraction of sp³-hybridized carbons (Fsp3) is 0.385. The summed E-state index contributed by atoms with van der Waals surface area (Å²) in [5.41, 5.74) is 12.2. The summed E-state index contributed by atoms with van der Waals surface area (Å²) in [6, 6.07) is 4.34. The van der Waals surface area contributed by atoms with Crippen LogP contribution < -0.4 is 16.4 Å². The molecule has 1 saturated heterocycles. The minimum atomic E-state index is -0.380. The molecule has 19 heavy (non-hydrogen) atoms. The molecule has 6 heteroatoms. The van der Waals surface area contributed by atoms with Gasteiger partial charge in [-0.1, -0.05) is 12.2 Å². The highest BCUT2D eigenvalue weighted by Gasteiger charge is 2.25. The van der Waals surface area contributed by atoms with Crippen LogP contribution in [0.25, 0.3) is 0 Å². The second-order valence-electron chi connectivity index (χ2n) is 4.71. The molecule has 4 N–H and O–H groups in total. The monoisotopic (exact) mass is 281 g/mol. The molecule has 2 rings (SSSR count). The van der Waals surface area contributed by atoms with Crippen molar-refractivity contribution in [3.8, 4) is 0 Å². The van der Waals surface area contributed by atoms with Crippen molar-refractivity contribution in [2.45, 2.75) is 12.8 Å². The Bertz CT molecular complexity index is 521. The number of anilines is 1. The van der Waals surface area contributed by atoms with E-state index in [0.29, 0.717) is 12.1 Å². The molecule has 1 aliphatic heterocycles. The first-order chi connectivity index (χ1) is 8.99. The minimum absolute atomic E-state index is 0.149. The largest absolute Gasteiger partial charge is 0.389 e. The van der Waals surface area contributed by atoms with Gasteiger partial charge in [-0.05, 0) is 31.0 Å². The molecule has 1 aromatic rings. The number of halogens is 1. The van der Waals surface area contributed by atoms with Crippen molar-refractivity contribution in [1.29, 1.82) is 0 Å². The molecule has 1 aromatic carbocycles. The maximum absolute atomic E-state index is 13.3. The number of thiocarbonyl (C=S) groups is 1. The lowest BCUT2D eigenvalue weighted by Crippen LogP contribution is -2.41. The number of rotatable bonds is 3. The summed E-state index contributed by atoms with van der Waals surface area (Å²) in [7, 11) is 0. The number of carbonyl (C=O) groups excluding carboxylic acids is 1. The molecule has 0 aliphatic carbocycles. The third-order valence-electron chi connectivity index (χ3n) is 3.39. The van der Waals surface area contributed by atoms with Crippen LogP contribution in [-0.4, -0.2) is 24.0 Å². The van der Waals surface area contributed by atoms with Crippen molar-refractivity contribution >= 4 is 28.8 Å². The van der Waals surface area contributed by atoms with Crippen LogP contribution in [0.2, 0.25) is 0 Å². The third-order valence-corrected chi connectivity index (χ3v) is 3.61. The van der Waals surface area contributed by atoms with Crippen LogP contribution in [0.3, 0.4) is 0 Å². The number of nitrogens with zero attached hydrogens (tertiary/aromatic N) is 1. The molecule has 1 aliphatic rings. The van der Waals surface area contributed by atoms with Crippen LogP contribution in [0.15, 0.2) is 18.2 Å². The van der Waals surface area contributed by atoms with E-state index in [0.717, 1.165) is 25.1 Å². The van der Waals surface area contributed by atoms with E-state index in [1.807, 2.05) is 4.90 Å². The van der Waals surface area contributed by atoms with Gasteiger partial charge in [0, 0.05) is 24.3 Å². The van der Waals surface area contributed by atoms with E-state index in [1.54, 1.807) is 6.07 Å². The smallest absolute Gasteiger partial charge is 0.222 e. The van der Waals surface area contributed by atoms with Crippen LogP contribution in [0.5, 0.6) is 0 Å². The van der Waals surface area contributed by atoms with Crippen LogP contribution in [0, 0.1) is 11.7 Å². The number of hydrogen-bond acceptors (Lipinski definition) is 3. The summed E-state index contributed by atoms with van der Waals surface area (Å²) in [5, 5.41) is 0. The van der Waals surface area contributed by atoms with Crippen LogP contribution >= 0.6 is 12.2 Å². The van der Waals surface area contributed by atoms with Gasteiger partial charge in [-0.25, -0.2) is 4.39 Å². The molecule has 0 radical (unpaired) electrons. The van der Waals surface area contributed by atoms with Gasteiger partial charge in [-0.15, -0.1) is 0 Å². The second kappa shape index (κ2) is 5.52. The van der Waals surface area contributed by atoms with E-state index in [9.17, 15) is 9.18 Å². The molecule has 1 heterocycles. The number of carbonyl (C=O) groups is 1. The predicted molar refractivity (Wildman–Crippen MR) is 76.4 cm³/mol. The lowest BCUT2D eigenvalue weighted by Gasteiger charge is -2.34. The molecule has 1 atom stereocenters. The van der Waals surface area contributed by atoms with Crippen molar-refractivity contribution in [2.24, 2.45) is 17.4 Å². The van der Waals surface area contributed by atoms with Crippen molar-refractivity contribution < 1.29 is 9.18 Å². The maximum atomic E-state index is 13.3. The number of nitrogens with two attached hydrogens (primary N) is 2.